The molecule has 2 aromatic heterocycles. The first-order chi connectivity index (χ1) is 16.7. The fourth-order valence-electron chi connectivity index (χ4n) is 3.89. The second-order valence-electron chi connectivity index (χ2n) is 8.03. The predicted octanol–water partition coefficient (Wildman–Crippen LogP) is 2.82. The van der Waals surface area contributed by atoms with Crippen LogP contribution in [0.1, 0.15) is 16.7 Å². The van der Waals surface area contributed by atoms with Crippen LogP contribution in [0.4, 0.5) is 4.39 Å². The van der Waals surface area contributed by atoms with E-state index in [4.69, 9.17) is 13.9 Å². The second-order valence-corrected chi connectivity index (χ2v) is 8.03. The lowest BCUT2D eigenvalue weighted by Crippen LogP contribution is -2.39. The third kappa shape index (κ3) is 4.77. The molecule has 0 saturated carbocycles. The molecule has 10 heteroatoms. The number of amides is 2. The molecular weight excluding hydrogens is 459 g/mol. The minimum Gasteiger partial charge on any atom is -0.480 e. The number of benzene rings is 2. The van der Waals surface area contributed by atoms with Crippen molar-refractivity contribution in [3.8, 4) is 11.1 Å². The third-order valence-corrected chi connectivity index (χ3v) is 5.72. The van der Waals surface area contributed by atoms with Gasteiger partial charge in [0, 0.05) is 21.9 Å². The molecule has 4 aromatic rings. The monoisotopic (exact) mass is 480 g/mol. The molecule has 0 saturated heterocycles. The highest BCUT2D eigenvalue weighted by molar-refractivity contribution is 6.05. The molecule has 2 aromatic carbocycles. The number of halogens is 1. The molecule has 180 valence electrons. The van der Waals surface area contributed by atoms with Gasteiger partial charge < -0.3 is 24.6 Å². The Hall–Kier alpha value is -4.47. The summed E-state index contributed by atoms with van der Waals surface area (Å²) in [6, 6.07) is 7.79. The van der Waals surface area contributed by atoms with Gasteiger partial charge in [-0.2, -0.15) is 0 Å². The molecule has 0 atom stereocenters. The first-order valence-electron chi connectivity index (χ1n) is 10.6. The molecule has 0 unspecified atom stereocenters. The SMILES string of the molecule is Cc1c(CC(=O)NCC(=O)NCC(=O)O)c(=O)oc2c(C)c3occ(-c4ccc(F)cc4)c3cc12. The van der Waals surface area contributed by atoms with Crippen LogP contribution in [-0.2, 0) is 20.8 Å². The summed E-state index contributed by atoms with van der Waals surface area (Å²) in [5.74, 6) is -2.84. The van der Waals surface area contributed by atoms with E-state index in [0.717, 1.165) is 16.5 Å². The molecule has 0 radical (unpaired) electrons. The third-order valence-electron chi connectivity index (χ3n) is 5.72. The summed E-state index contributed by atoms with van der Waals surface area (Å²) in [5, 5.41) is 14.4. The van der Waals surface area contributed by atoms with E-state index in [1.54, 1.807) is 38.3 Å². The Kier molecular flexibility index (Phi) is 6.37. The Morgan fingerprint density at radius 1 is 0.943 bits per heavy atom. The smallest absolute Gasteiger partial charge is 0.340 e. The average molecular weight is 480 g/mol. The van der Waals surface area contributed by atoms with Gasteiger partial charge in [-0.25, -0.2) is 9.18 Å². The maximum atomic E-state index is 13.4. The molecule has 0 aliphatic heterocycles. The van der Waals surface area contributed by atoms with E-state index in [1.807, 2.05) is 0 Å². The summed E-state index contributed by atoms with van der Waals surface area (Å²) >= 11 is 0. The van der Waals surface area contributed by atoms with Crippen molar-refractivity contribution in [3.63, 3.8) is 0 Å². The molecule has 2 heterocycles. The molecule has 2 amide bonds. The summed E-state index contributed by atoms with van der Waals surface area (Å²) in [6.07, 6.45) is 1.23. The van der Waals surface area contributed by atoms with Gasteiger partial charge >= 0.3 is 11.6 Å². The molecule has 0 fully saturated rings. The first-order valence-corrected chi connectivity index (χ1v) is 10.6. The molecular formula is C25H21FN2O7. The van der Waals surface area contributed by atoms with Crippen LogP contribution in [0.3, 0.4) is 0 Å². The van der Waals surface area contributed by atoms with Crippen LogP contribution in [0, 0.1) is 19.7 Å². The minimum atomic E-state index is -1.21. The van der Waals surface area contributed by atoms with E-state index < -0.39 is 36.5 Å². The zero-order valence-corrected chi connectivity index (χ0v) is 18.9. The number of aryl methyl sites for hydroxylation is 2. The van der Waals surface area contributed by atoms with Crippen molar-refractivity contribution < 1.29 is 32.7 Å². The van der Waals surface area contributed by atoms with Crippen molar-refractivity contribution in [3.05, 3.63) is 69.5 Å². The quantitative estimate of drug-likeness (QED) is 0.346. The number of carbonyl (C=O) groups is 3. The fourth-order valence-corrected chi connectivity index (χ4v) is 3.89. The van der Waals surface area contributed by atoms with E-state index >= 15 is 0 Å². The molecule has 4 rings (SSSR count). The zero-order valence-electron chi connectivity index (χ0n) is 18.9. The van der Waals surface area contributed by atoms with Crippen LogP contribution in [-0.4, -0.2) is 36.0 Å². The molecule has 35 heavy (non-hydrogen) atoms. The summed E-state index contributed by atoms with van der Waals surface area (Å²) in [6.45, 7) is 2.46. The Morgan fingerprint density at radius 3 is 2.31 bits per heavy atom. The fraction of sp³-hybridized carbons (Fsp3) is 0.200. The average Bonchev–Trinajstić information content (AvgIpc) is 3.25. The van der Waals surface area contributed by atoms with Crippen LogP contribution >= 0.6 is 0 Å². The number of carboxylic acid groups (broad SMARTS) is 1. The molecule has 0 spiro atoms. The summed E-state index contributed by atoms with van der Waals surface area (Å²) < 4.78 is 24.7. The molecule has 9 nitrogen and oxygen atoms in total. The number of hydrogen-bond acceptors (Lipinski definition) is 6. The van der Waals surface area contributed by atoms with Gasteiger partial charge in [-0.15, -0.1) is 0 Å². The number of aliphatic carboxylic acids is 1. The summed E-state index contributed by atoms with van der Waals surface area (Å²) in [4.78, 5) is 47.2. The highest BCUT2D eigenvalue weighted by Crippen LogP contribution is 2.37. The van der Waals surface area contributed by atoms with Crippen molar-refractivity contribution in [1.82, 2.24) is 10.6 Å². The topological polar surface area (TPSA) is 139 Å². The number of rotatable bonds is 7. The van der Waals surface area contributed by atoms with Gasteiger partial charge in [-0.05, 0) is 43.2 Å². The summed E-state index contributed by atoms with van der Waals surface area (Å²) in [5.41, 5.74) is 2.94. The number of nitrogens with one attached hydrogen (secondary N) is 2. The first kappa shape index (κ1) is 23.7. The van der Waals surface area contributed by atoms with Crippen LogP contribution in [0.2, 0.25) is 0 Å². The van der Waals surface area contributed by atoms with Crippen molar-refractivity contribution in [2.75, 3.05) is 13.1 Å². The van der Waals surface area contributed by atoms with Crippen LogP contribution in [0.25, 0.3) is 33.1 Å². The normalized spacial score (nSPS) is 11.1. The van der Waals surface area contributed by atoms with Crippen molar-refractivity contribution in [2.45, 2.75) is 20.3 Å². The Labute approximate surface area is 197 Å². The Balaban J connectivity index is 1.67. The Bertz CT molecular complexity index is 1530. The van der Waals surface area contributed by atoms with Gasteiger partial charge in [-0.1, -0.05) is 12.1 Å². The largest absolute Gasteiger partial charge is 0.480 e. The molecule has 3 N–H and O–H groups in total. The van der Waals surface area contributed by atoms with Crippen LogP contribution in [0.15, 0.2) is 50.2 Å². The number of fused-ring (bicyclic) bond motifs is 2. The van der Waals surface area contributed by atoms with Crippen LogP contribution < -0.4 is 16.3 Å². The van der Waals surface area contributed by atoms with Gasteiger partial charge in [0.15, 0.2) is 0 Å². The highest BCUT2D eigenvalue weighted by atomic mass is 19.1. The predicted molar refractivity (Wildman–Crippen MR) is 124 cm³/mol. The number of carbonyl (C=O) groups excluding carboxylic acids is 2. The van der Waals surface area contributed by atoms with Gasteiger partial charge in [0.25, 0.3) is 0 Å². The molecule has 0 aliphatic rings. The van der Waals surface area contributed by atoms with E-state index in [0.29, 0.717) is 27.7 Å². The van der Waals surface area contributed by atoms with E-state index in [1.165, 1.54) is 12.1 Å². The summed E-state index contributed by atoms with van der Waals surface area (Å²) in [7, 11) is 0. The molecule has 0 aliphatic carbocycles. The number of hydrogen-bond donors (Lipinski definition) is 3. The standard InChI is InChI=1S/C25H21FN2O7/c1-12-16-7-18-19(14-3-5-15(26)6-4-14)11-34-23(18)13(2)24(16)35-25(33)17(12)8-20(29)27-9-21(30)28-10-22(31)32/h3-7,11H,8-10H2,1-2H3,(H,27,29)(H,28,30)(H,31,32). The lowest BCUT2D eigenvalue weighted by molar-refractivity contribution is -0.137. The van der Waals surface area contributed by atoms with E-state index in [-0.39, 0.29) is 17.8 Å². The van der Waals surface area contributed by atoms with Crippen molar-refractivity contribution in [2.24, 2.45) is 0 Å². The van der Waals surface area contributed by atoms with Gasteiger partial charge in [0.05, 0.1) is 24.8 Å². The molecule has 0 bridgehead atoms. The lowest BCUT2D eigenvalue weighted by Gasteiger charge is -2.11. The Morgan fingerprint density at radius 2 is 1.63 bits per heavy atom. The minimum absolute atomic E-state index is 0.131. The van der Waals surface area contributed by atoms with Crippen molar-refractivity contribution >= 4 is 39.7 Å². The van der Waals surface area contributed by atoms with Gasteiger partial charge in [0.1, 0.15) is 23.5 Å². The van der Waals surface area contributed by atoms with Crippen LogP contribution in [0.5, 0.6) is 0 Å². The zero-order chi connectivity index (χ0) is 25.3. The van der Waals surface area contributed by atoms with E-state index in [2.05, 4.69) is 10.6 Å². The van der Waals surface area contributed by atoms with Gasteiger partial charge in [-0.3, -0.25) is 14.4 Å². The lowest BCUT2D eigenvalue weighted by atomic mass is 9.97. The van der Waals surface area contributed by atoms with Crippen molar-refractivity contribution in [1.29, 1.82) is 0 Å². The van der Waals surface area contributed by atoms with Gasteiger partial charge in [0.2, 0.25) is 11.8 Å². The van der Waals surface area contributed by atoms with E-state index in [9.17, 15) is 23.6 Å². The number of furan rings is 1. The number of carboxylic acids is 1. The maximum absolute atomic E-state index is 13.4. The maximum Gasteiger partial charge on any atom is 0.340 e. The highest BCUT2D eigenvalue weighted by Gasteiger charge is 2.20. The second kappa shape index (κ2) is 9.41.